The number of hydrogen-bond acceptors (Lipinski definition) is 2. The average molecular weight is 174 g/mol. The smallest absolute Gasteiger partial charge is 0.0844 e. The Labute approximate surface area is 71.1 Å². The van der Waals surface area contributed by atoms with E-state index in [-0.39, 0.29) is 0 Å². The number of aromatic nitrogens is 2. The molecule has 0 aliphatic carbocycles. The zero-order chi connectivity index (χ0) is 8.43. The minimum atomic E-state index is 0.596. The maximum absolute atomic E-state index is 5.91. The van der Waals surface area contributed by atoms with Crippen LogP contribution in [0.15, 0.2) is 0 Å². The van der Waals surface area contributed by atoms with Gasteiger partial charge in [-0.1, -0.05) is 11.6 Å². The van der Waals surface area contributed by atoms with Crippen molar-refractivity contribution in [3.63, 3.8) is 0 Å². The molecule has 0 spiro atoms. The van der Waals surface area contributed by atoms with Crippen LogP contribution in [0.1, 0.15) is 11.4 Å². The third-order valence-electron chi connectivity index (χ3n) is 1.63. The summed E-state index contributed by atoms with van der Waals surface area (Å²) < 4.78 is 1.83. The average Bonchev–Trinajstić information content (AvgIpc) is 2.19. The number of halogens is 1. The van der Waals surface area contributed by atoms with E-state index in [4.69, 9.17) is 17.3 Å². The molecule has 0 bridgehead atoms. The molecule has 0 radical (unpaired) electrons. The molecule has 0 fully saturated rings. The molecule has 0 amide bonds. The summed E-state index contributed by atoms with van der Waals surface area (Å²) >= 11 is 5.91. The normalized spacial score (nSPS) is 10.5. The van der Waals surface area contributed by atoms with Crippen LogP contribution in [0.2, 0.25) is 5.02 Å². The van der Waals surface area contributed by atoms with Crippen molar-refractivity contribution in [2.45, 2.75) is 20.4 Å². The van der Waals surface area contributed by atoms with Crippen molar-refractivity contribution >= 4 is 11.6 Å². The second kappa shape index (κ2) is 3.24. The molecule has 0 unspecified atom stereocenters. The maximum atomic E-state index is 5.91. The van der Waals surface area contributed by atoms with Crippen LogP contribution >= 0.6 is 11.6 Å². The number of rotatable bonds is 2. The third kappa shape index (κ3) is 1.54. The molecular weight excluding hydrogens is 162 g/mol. The van der Waals surface area contributed by atoms with E-state index in [2.05, 4.69) is 5.10 Å². The highest BCUT2D eigenvalue weighted by molar-refractivity contribution is 6.31. The maximum Gasteiger partial charge on any atom is 0.0844 e. The van der Waals surface area contributed by atoms with Crippen LogP contribution in [0, 0.1) is 13.8 Å². The number of hydrogen-bond donors (Lipinski definition) is 1. The van der Waals surface area contributed by atoms with Crippen LogP contribution in [-0.4, -0.2) is 16.3 Å². The van der Waals surface area contributed by atoms with Crippen molar-refractivity contribution in [2.24, 2.45) is 5.73 Å². The van der Waals surface area contributed by atoms with E-state index in [1.807, 2.05) is 18.5 Å². The standard InChI is InChI=1S/C7H12ClN3/c1-5-7(8)6(2)11(10-5)4-3-9/h3-4,9H2,1-2H3. The van der Waals surface area contributed by atoms with Gasteiger partial charge in [-0.3, -0.25) is 4.68 Å². The first-order valence-electron chi connectivity index (χ1n) is 3.56. The molecule has 0 saturated heterocycles. The Bertz CT molecular complexity index is 254. The first kappa shape index (κ1) is 8.56. The Hall–Kier alpha value is -0.540. The highest BCUT2D eigenvalue weighted by Gasteiger charge is 2.06. The van der Waals surface area contributed by atoms with Crippen LogP contribution in [0.3, 0.4) is 0 Å². The summed E-state index contributed by atoms with van der Waals surface area (Å²) in [6.45, 7) is 5.16. The highest BCUT2D eigenvalue weighted by atomic mass is 35.5. The lowest BCUT2D eigenvalue weighted by molar-refractivity contribution is 0.604. The summed E-state index contributed by atoms with van der Waals surface area (Å²) in [6, 6.07) is 0. The molecule has 0 aliphatic rings. The van der Waals surface area contributed by atoms with Crippen molar-refractivity contribution in [3.05, 3.63) is 16.4 Å². The first-order valence-corrected chi connectivity index (χ1v) is 3.94. The van der Waals surface area contributed by atoms with E-state index in [0.717, 1.165) is 23.0 Å². The molecular formula is C7H12ClN3. The molecule has 0 saturated carbocycles. The van der Waals surface area contributed by atoms with Gasteiger partial charge >= 0.3 is 0 Å². The second-order valence-electron chi connectivity index (χ2n) is 2.50. The molecule has 62 valence electrons. The molecule has 3 nitrogen and oxygen atoms in total. The Kier molecular flexibility index (Phi) is 2.52. The fourth-order valence-electron chi connectivity index (χ4n) is 1.02. The lowest BCUT2D eigenvalue weighted by Crippen LogP contribution is -2.12. The number of nitrogens with two attached hydrogens (primary N) is 1. The van der Waals surface area contributed by atoms with Gasteiger partial charge < -0.3 is 5.73 Å². The van der Waals surface area contributed by atoms with Crippen LogP contribution in [0.4, 0.5) is 0 Å². The zero-order valence-electron chi connectivity index (χ0n) is 6.76. The molecule has 1 aromatic rings. The largest absolute Gasteiger partial charge is 0.329 e. The molecule has 1 heterocycles. The van der Waals surface area contributed by atoms with Gasteiger partial charge in [0.15, 0.2) is 0 Å². The SMILES string of the molecule is Cc1nn(CCN)c(C)c1Cl. The number of aryl methyl sites for hydroxylation is 1. The van der Waals surface area contributed by atoms with E-state index < -0.39 is 0 Å². The second-order valence-corrected chi connectivity index (χ2v) is 2.87. The van der Waals surface area contributed by atoms with Gasteiger partial charge in [-0.15, -0.1) is 0 Å². The van der Waals surface area contributed by atoms with Gasteiger partial charge in [0.2, 0.25) is 0 Å². The summed E-state index contributed by atoms with van der Waals surface area (Å²) in [4.78, 5) is 0. The van der Waals surface area contributed by atoms with Crippen molar-refractivity contribution in [3.8, 4) is 0 Å². The van der Waals surface area contributed by atoms with Crippen molar-refractivity contribution < 1.29 is 0 Å². The Morgan fingerprint density at radius 2 is 2.18 bits per heavy atom. The summed E-state index contributed by atoms with van der Waals surface area (Å²) in [5.74, 6) is 0. The lowest BCUT2D eigenvalue weighted by atomic mass is 10.4. The van der Waals surface area contributed by atoms with E-state index in [1.54, 1.807) is 0 Å². The molecule has 2 N–H and O–H groups in total. The minimum Gasteiger partial charge on any atom is -0.329 e. The van der Waals surface area contributed by atoms with Crippen LogP contribution < -0.4 is 5.73 Å². The molecule has 1 aromatic heterocycles. The van der Waals surface area contributed by atoms with Crippen LogP contribution in [-0.2, 0) is 6.54 Å². The number of nitrogens with zero attached hydrogens (tertiary/aromatic N) is 2. The molecule has 1 rings (SSSR count). The highest BCUT2D eigenvalue weighted by Crippen LogP contribution is 2.18. The molecule has 0 aromatic carbocycles. The molecule has 0 atom stereocenters. The molecule has 0 aliphatic heterocycles. The van der Waals surface area contributed by atoms with Gasteiger partial charge in [0.1, 0.15) is 0 Å². The van der Waals surface area contributed by atoms with E-state index >= 15 is 0 Å². The quantitative estimate of drug-likeness (QED) is 0.728. The molecule has 11 heavy (non-hydrogen) atoms. The van der Waals surface area contributed by atoms with Gasteiger partial charge in [0.25, 0.3) is 0 Å². The van der Waals surface area contributed by atoms with E-state index in [9.17, 15) is 0 Å². The van der Waals surface area contributed by atoms with E-state index in [1.165, 1.54) is 0 Å². The predicted octanol–water partition coefficient (Wildman–Crippen LogP) is 1.11. The van der Waals surface area contributed by atoms with Gasteiger partial charge in [0.05, 0.1) is 23.0 Å². The van der Waals surface area contributed by atoms with E-state index in [0.29, 0.717) is 6.54 Å². The summed E-state index contributed by atoms with van der Waals surface area (Å²) in [5.41, 5.74) is 7.25. The lowest BCUT2D eigenvalue weighted by Gasteiger charge is -1.99. The summed E-state index contributed by atoms with van der Waals surface area (Å²) in [7, 11) is 0. The predicted molar refractivity (Wildman–Crippen MR) is 45.8 cm³/mol. The van der Waals surface area contributed by atoms with Crippen LogP contribution in [0.25, 0.3) is 0 Å². The van der Waals surface area contributed by atoms with Crippen molar-refractivity contribution in [2.75, 3.05) is 6.54 Å². The Morgan fingerprint density at radius 1 is 1.55 bits per heavy atom. The Balaban J connectivity index is 2.98. The summed E-state index contributed by atoms with van der Waals surface area (Å²) in [6.07, 6.45) is 0. The van der Waals surface area contributed by atoms with Crippen LogP contribution in [0.5, 0.6) is 0 Å². The van der Waals surface area contributed by atoms with Gasteiger partial charge in [-0.2, -0.15) is 5.10 Å². The van der Waals surface area contributed by atoms with Gasteiger partial charge in [0, 0.05) is 6.54 Å². The van der Waals surface area contributed by atoms with Crippen molar-refractivity contribution in [1.29, 1.82) is 0 Å². The monoisotopic (exact) mass is 173 g/mol. The third-order valence-corrected chi connectivity index (χ3v) is 2.18. The van der Waals surface area contributed by atoms with Gasteiger partial charge in [-0.25, -0.2) is 0 Å². The topological polar surface area (TPSA) is 43.8 Å². The van der Waals surface area contributed by atoms with Crippen molar-refractivity contribution in [1.82, 2.24) is 9.78 Å². The summed E-state index contributed by atoms with van der Waals surface area (Å²) in [5, 5.41) is 4.95. The first-order chi connectivity index (χ1) is 5.16. The molecule has 4 heteroatoms. The van der Waals surface area contributed by atoms with Gasteiger partial charge in [-0.05, 0) is 13.8 Å². The fraction of sp³-hybridized carbons (Fsp3) is 0.571. The minimum absolute atomic E-state index is 0.596. The fourth-order valence-corrected chi connectivity index (χ4v) is 1.15. The zero-order valence-corrected chi connectivity index (χ0v) is 7.52. The Morgan fingerprint density at radius 3 is 2.55 bits per heavy atom.